The molecule has 0 heterocycles. The Balaban J connectivity index is 2.89. The first kappa shape index (κ1) is 18.0. The van der Waals surface area contributed by atoms with Crippen molar-refractivity contribution >= 4 is 23.2 Å². The largest absolute Gasteiger partial charge is 0.361 e. The lowest BCUT2D eigenvalue weighted by atomic mass is 10.0. The van der Waals surface area contributed by atoms with Crippen molar-refractivity contribution in [3.8, 4) is 0 Å². The summed E-state index contributed by atoms with van der Waals surface area (Å²) < 4.78 is 5.65. The van der Waals surface area contributed by atoms with Crippen LogP contribution < -0.4 is 4.90 Å². The maximum absolute atomic E-state index is 12.7. The zero-order chi connectivity index (χ0) is 15.7. The molecule has 1 aromatic rings. The summed E-state index contributed by atoms with van der Waals surface area (Å²) in [4.78, 5) is 14.4. The number of hydrogen-bond donors (Lipinski definition) is 0. The number of amides is 1. The molecule has 3 nitrogen and oxygen atoms in total. The van der Waals surface area contributed by atoms with Gasteiger partial charge >= 0.3 is 0 Å². The third-order valence-corrected chi connectivity index (χ3v) is 3.93. The summed E-state index contributed by atoms with van der Waals surface area (Å²) in [5, 5.41) is 0.580. The molecule has 21 heavy (non-hydrogen) atoms. The first-order valence-electron chi connectivity index (χ1n) is 7.79. The molecule has 0 radical (unpaired) electrons. The summed E-state index contributed by atoms with van der Waals surface area (Å²) in [6.07, 6.45) is 3.72. The normalized spacial score (nSPS) is 10.9. The highest BCUT2D eigenvalue weighted by Gasteiger charge is 2.24. The average molecular weight is 312 g/mol. The Kier molecular flexibility index (Phi) is 8.40. The minimum absolute atomic E-state index is 0.0102. The van der Waals surface area contributed by atoms with Crippen molar-refractivity contribution in [2.24, 2.45) is 5.92 Å². The third kappa shape index (κ3) is 5.33. The van der Waals surface area contributed by atoms with Gasteiger partial charge in [0.2, 0.25) is 5.91 Å². The van der Waals surface area contributed by atoms with Crippen LogP contribution in [0.15, 0.2) is 24.3 Å². The topological polar surface area (TPSA) is 29.5 Å². The molecule has 0 bridgehead atoms. The van der Waals surface area contributed by atoms with Gasteiger partial charge in [-0.1, -0.05) is 50.9 Å². The fourth-order valence-electron chi connectivity index (χ4n) is 2.18. The van der Waals surface area contributed by atoms with Crippen LogP contribution in [-0.2, 0) is 9.53 Å². The summed E-state index contributed by atoms with van der Waals surface area (Å²) >= 11 is 6.24. The quantitative estimate of drug-likeness (QED) is 0.480. The van der Waals surface area contributed by atoms with Gasteiger partial charge in [-0.15, -0.1) is 0 Å². The number of halogens is 1. The summed E-state index contributed by atoms with van der Waals surface area (Å²) in [6, 6.07) is 7.42. The molecule has 1 amide bonds. The lowest BCUT2D eigenvalue weighted by Crippen LogP contribution is -2.38. The Labute approximate surface area is 133 Å². The number of nitrogens with zero attached hydrogens (tertiary/aromatic N) is 1. The number of rotatable bonds is 9. The molecule has 0 saturated heterocycles. The molecule has 0 fully saturated rings. The summed E-state index contributed by atoms with van der Waals surface area (Å²) in [6.45, 7) is 7.11. The minimum Gasteiger partial charge on any atom is -0.361 e. The Bertz CT molecular complexity index is 433. The standard InChI is InChI=1S/C17H26ClNO2/c1-4-7-12-21-13-19(17(20)14(5-2)6-3)16-11-9-8-10-15(16)18/h8-11,14H,4-7,12-13H2,1-3H3. The van der Waals surface area contributed by atoms with E-state index in [9.17, 15) is 4.79 Å². The highest BCUT2D eigenvalue weighted by molar-refractivity contribution is 6.33. The predicted molar refractivity (Wildman–Crippen MR) is 88.7 cm³/mol. The molecule has 0 N–H and O–H groups in total. The smallest absolute Gasteiger partial charge is 0.232 e. The molecule has 1 rings (SSSR count). The fraction of sp³-hybridized carbons (Fsp3) is 0.588. The molecular weight excluding hydrogens is 286 g/mol. The Morgan fingerprint density at radius 1 is 1.24 bits per heavy atom. The molecule has 0 aromatic heterocycles. The molecule has 0 unspecified atom stereocenters. The van der Waals surface area contributed by atoms with Crippen LogP contribution in [0.2, 0.25) is 5.02 Å². The Morgan fingerprint density at radius 2 is 1.90 bits per heavy atom. The first-order valence-corrected chi connectivity index (χ1v) is 8.17. The van der Waals surface area contributed by atoms with Crippen LogP contribution in [0.3, 0.4) is 0 Å². The van der Waals surface area contributed by atoms with Gasteiger partial charge in [0.15, 0.2) is 0 Å². The molecular formula is C17H26ClNO2. The van der Waals surface area contributed by atoms with E-state index in [2.05, 4.69) is 6.92 Å². The SMILES string of the molecule is CCCCOCN(C(=O)C(CC)CC)c1ccccc1Cl. The maximum atomic E-state index is 12.7. The number of unbranched alkanes of at least 4 members (excludes halogenated alkanes) is 1. The molecule has 0 aliphatic carbocycles. The number of benzene rings is 1. The van der Waals surface area contributed by atoms with Crippen molar-refractivity contribution < 1.29 is 9.53 Å². The Morgan fingerprint density at radius 3 is 2.48 bits per heavy atom. The number of hydrogen-bond acceptors (Lipinski definition) is 2. The lowest BCUT2D eigenvalue weighted by Gasteiger charge is -2.27. The fourth-order valence-corrected chi connectivity index (χ4v) is 2.42. The minimum atomic E-state index is 0.0102. The van der Waals surface area contributed by atoms with E-state index in [0.29, 0.717) is 11.6 Å². The summed E-state index contributed by atoms with van der Waals surface area (Å²) in [7, 11) is 0. The van der Waals surface area contributed by atoms with Crippen molar-refractivity contribution in [1.29, 1.82) is 0 Å². The van der Waals surface area contributed by atoms with Gasteiger partial charge in [-0.3, -0.25) is 9.69 Å². The van der Waals surface area contributed by atoms with E-state index < -0.39 is 0 Å². The zero-order valence-corrected chi connectivity index (χ0v) is 14.0. The predicted octanol–water partition coefficient (Wildman–Crippen LogP) is 4.88. The van der Waals surface area contributed by atoms with Crippen molar-refractivity contribution in [3.63, 3.8) is 0 Å². The highest BCUT2D eigenvalue weighted by Crippen LogP contribution is 2.27. The Hall–Kier alpha value is -1.06. The second-order valence-corrected chi connectivity index (χ2v) is 5.53. The number of carbonyl (C=O) groups excluding carboxylic acids is 1. The second kappa shape index (κ2) is 9.80. The van der Waals surface area contributed by atoms with E-state index in [1.165, 1.54) is 0 Å². The van der Waals surface area contributed by atoms with Crippen molar-refractivity contribution in [1.82, 2.24) is 0 Å². The number of carbonyl (C=O) groups is 1. The molecule has 0 spiro atoms. The van der Waals surface area contributed by atoms with Crippen molar-refractivity contribution in [2.45, 2.75) is 46.5 Å². The number of para-hydroxylation sites is 1. The van der Waals surface area contributed by atoms with Crippen LogP contribution in [0.25, 0.3) is 0 Å². The van der Waals surface area contributed by atoms with Gasteiger partial charge in [0.1, 0.15) is 6.73 Å². The molecule has 0 saturated carbocycles. The van der Waals surface area contributed by atoms with Gasteiger partial charge in [-0.05, 0) is 31.4 Å². The lowest BCUT2D eigenvalue weighted by molar-refractivity contribution is -0.123. The van der Waals surface area contributed by atoms with E-state index in [0.717, 1.165) is 31.4 Å². The van der Waals surface area contributed by atoms with Gasteiger partial charge in [-0.2, -0.15) is 0 Å². The van der Waals surface area contributed by atoms with E-state index >= 15 is 0 Å². The van der Waals surface area contributed by atoms with Crippen LogP contribution >= 0.6 is 11.6 Å². The van der Waals surface area contributed by atoms with Gasteiger partial charge in [-0.25, -0.2) is 0 Å². The molecule has 4 heteroatoms. The van der Waals surface area contributed by atoms with Crippen LogP contribution in [0.1, 0.15) is 46.5 Å². The van der Waals surface area contributed by atoms with Gasteiger partial charge in [0.05, 0.1) is 10.7 Å². The van der Waals surface area contributed by atoms with Crippen LogP contribution in [-0.4, -0.2) is 19.2 Å². The second-order valence-electron chi connectivity index (χ2n) is 5.12. The van der Waals surface area contributed by atoms with Gasteiger partial charge < -0.3 is 4.74 Å². The molecule has 118 valence electrons. The molecule has 0 atom stereocenters. The van der Waals surface area contributed by atoms with Gasteiger partial charge in [0.25, 0.3) is 0 Å². The monoisotopic (exact) mass is 311 g/mol. The van der Waals surface area contributed by atoms with Crippen LogP contribution in [0.5, 0.6) is 0 Å². The molecule has 0 aliphatic rings. The summed E-state index contributed by atoms with van der Waals surface area (Å²) in [5.74, 6) is 0.0978. The van der Waals surface area contributed by atoms with Gasteiger partial charge in [0, 0.05) is 12.5 Å². The maximum Gasteiger partial charge on any atom is 0.232 e. The van der Waals surface area contributed by atoms with Crippen molar-refractivity contribution in [2.75, 3.05) is 18.2 Å². The van der Waals surface area contributed by atoms with E-state index in [4.69, 9.17) is 16.3 Å². The summed E-state index contributed by atoms with van der Waals surface area (Å²) in [5.41, 5.74) is 0.729. The molecule has 0 aliphatic heterocycles. The van der Waals surface area contributed by atoms with Crippen LogP contribution in [0, 0.1) is 5.92 Å². The zero-order valence-electron chi connectivity index (χ0n) is 13.3. The molecule has 1 aromatic carbocycles. The van der Waals surface area contributed by atoms with Crippen LogP contribution in [0.4, 0.5) is 5.69 Å². The van der Waals surface area contributed by atoms with E-state index in [1.807, 2.05) is 32.0 Å². The van der Waals surface area contributed by atoms with E-state index in [1.54, 1.807) is 11.0 Å². The van der Waals surface area contributed by atoms with E-state index in [-0.39, 0.29) is 18.6 Å². The first-order chi connectivity index (χ1) is 10.2. The van der Waals surface area contributed by atoms with Crippen molar-refractivity contribution in [3.05, 3.63) is 29.3 Å². The average Bonchev–Trinajstić information content (AvgIpc) is 2.49. The highest BCUT2D eigenvalue weighted by atomic mass is 35.5. The third-order valence-electron chi connectivity index (χ3n) is 3.61. The number of ether oxygens (including phenoxy) is 1. The number of anilines is 1.